The van der Waals surface area contributed by atoms with Gasteiger partial charge in [0.2, 0.25) is 0 Å². The van der Waals surface area contributed by atoms with Crippen molar-refractivity contribution >= 4 is 47.2 Å². The standard InChI is InChI=1S/C29H25N3O7/c1-17-7-10-21(13-18(17)2)30-25(33)16-39-23-6-4-5-19(14-23)15-24-26(34)31-29(37)32(27(24)35)22-11-8-20(9-12-22)28(36)38-3/h4-15H,16H2,1-3H3,(H,30,33)(H,31,34,37)/b24-15-. The van der Waals surface area contributed by atoms with E-state index in [4.69, 9.17) is 4.74 Å². The molecule has 4 rings (SSSR count). The lowest BCUT2D eigenvalue weighted by atomic mass is 10.1. The van der Waals surface area contributed by atoms with E-state index < -0.39 is 23.8 Å². The highest BCUT2D eigenvalue weighted by Gasteiger charge is 2.36. The summed E-state index contributed by atoms with van der Waals surface area (Å²) in [6.07, 6.45) is 1.32. The highest BCUT2D eigenvalue weighted by molar-refractivity contribution is 6.39. The maximum absolute atomic E-state index is 13.1. The van der Waals surface area contributed by atoms with Gasteiger partial charge in [0.15, 0.2) is 6.61 Å². The topological polar surface area (TPSA) is 131 Å². The fraction of sp³-hybridized carbons (Fsp3) is 0.138. The molecule has 1 fully saturated rings. The van der Waals surface area contributed by atoms with E-state index in [-0.39, 0.29) is 29.3 Å². The Morgan fingerprint density at radius 3 is 2.38 bits per heavy atom. The van der Waals surface area contributed by atoms with Gasteiger partial charge in [0, 0.05) is 5.69 Å². The number of nitrogens with one attached hydrogen (secondary N) is 2. The number of methoxy groups -OCH3 is 1. The summed E-state index contributed by atoms with van der Waals surface area (Å²) in [5, 5.41) is 4.92. The molecule has 0 saturated carbocycles. The Labute approximate surface area is 224 Å². The summed E-state index contributed by atoms with van der Waals surface area (Å²) in [4.78, 5) is 62.9. The van der Waals surface area contributed by atoms with E-state index in [1.54, 1.807) is 30.3 Å². The normalized spacial score (nSPS) is 14.2. The molecular formula is C29H25N3O7. The summed E-state index contributed by atoms with van der Waals surface area (Å²) in [5.74, 6) is -2.28. The van der Waals surface area contributed by atoms with Crippen molar-refractivity contribution in [2.45, 2.75) is 13.8 Å². The zero-order chi connectivity index (χ0) is 28.1. The fourth-order valence-corrected chi connectivity index (χ4v) is 3.78. The van der Waals surface area contributed by atoms with Crippen LogP contribution in [0, 0.1) is 13.8 Å². The number of hydrogen-bond acceptors (Lipinski definition) is 7. The van der Waals surface area contributed by atoms with E-state index in [1.165, 1.54) is 37.5 Å². The molecule has 39 heavy (non-hydrogen) atoms. The Balaban J connectivity index is 1.48. The van der Waals surface area contributed by atoms with Gasteiger partial charge in [-0.2, -0.15) is 0 Å². The van der Waals surface area contributed by atoms with Crippen LogP contribution >= 0.6 is 0 Å². The van der Waals surface area contributed by atoms with Gasteiger partial charge < -0.3 is 14.8 Å². The summed E-state index contributed by atoms with van der Waals surface area (Å²) in [5.41, 5.74) is 3.38. The number of aryl methyl sites for hydroxylation is 2. The Morgan fingerprint density at radius 1 is 0.949 bits per heavy atom. The molecule has 1 heterocycles. The molecular weight excluding hydrogens is 502 g/mol. The van der Waals surface area contributed by atoms with Gasteiger partial charge in [-0.05, 0) is 85.1 Å². The highest BCUT2D eigenvalue weighted by Crippen LogP contribution is 2.24. The number of barbiturate groups is 1. The summed E-state index contributed by atoms with van der Waals surface area (Å²) in [6, 6.07) is 16.7. The first-order valence-corrected chi connectivity index (χ1v) is 11.9. The highest BCUT2D eigenvalue weighted by atomic mass is 16.5. The molecule has 198 valence electrons. The van der Waals surface area contributed by atoms with Gasteiger partial charge in [0.1, 0.15) is 11.3 Å². The molecule has 3 aromatic carbocycles. The second kappa shape index (κ2) is 11.4. The number of rotatable bonds is 7. The van der Waals surface area contributed by atoms with Gasteiger partial charge in [-0.15, -0.1) is 0 Å². The summed E-state index contributed by atoms with van der Waals surface area (Å²) >= 11 is 0. The first-order valence-electron chi connectivity index (χ1n) is 11.9. The van der Waals surface area contributed by atoms with Crippen LogP contribution in [0.25, 0.3) is 6.08 Å². The average molecular weight is 528 g/mol. The van der Waals surface area contributed by atoms with E-state index in [0.29, 0.717) is 17.0 Å². The minimum Gasteiger partial charge on any atom is -0.484 e. The third-order valence-corrected chi connectivity index (χ3v) is 5.98. The third-order valence-electron chi connectivity index (χ3n) is 5.98. The number of amides is 5. The van der Waals surface area contributed by atoms with E-state index in [2.05, 4.69) is 15.4 Å². The van der Waals surface area contributed by atoms with Crippen LogP contribution in [0.1, 0.15) is 27.0 Å². The Hall–Kier alpha value is -5.25. The summed E-state index contributed by atoms with van der Waals surface area (Å²) < 4.78 is 10.2. The monoisotopic (exact) mass is 527 g/mol. The number of imide groups is 2. The van der Waals surface area contributed by atoms with Gasteiger partial charge in [0.05, 0.1) is 18.4 Å². The van der Waals surface area contributed by atoms with Crippen molar-refractivity contribution in [1.82, 2.24) is 5.32 Å². The van der Waals surface area contributed by atoms with Crippen molar-refractivity contribution in [2.24, 2.45) is 0 Å². The van der Waals surface area contributed by atoms with E-state index in [9.17, 15) is 24.0 Å². The molecule has 2 N–H and O–H groups in total. The molecule has 0 aromatic heterocycles. The molecule has 10 heteroatoms. The molecule has 0 atom stereocenters. The van der Waals surface area contributed by atoms with E-state index in [0.717, 1.165) is 16.0 Å². The van der Waals surface area contributed by atoms with Crippen molar-refractivity contribution < 1.29 is 33.4 Å². The zero-order valence-electron chi connectivity index (χ0n) is 21.4. The summed E-state index contributed by atoms with van der Waals surface area (Å²) in [6.45, 7) is 3.68. The van der Waals surface area contributed by atoms with Gasteiger partial charge in [-0.3, -0.25) is 19.7 Å². The van der Waals surface area contributed by atoms with Crippen molar-refractivity contribution in [3.05, 3.63) is 94.6 Å². The number of carbonyl (C=O) groups is 5. The van der Waals surface area contributed by atoms with Crippen molar-refractivity contribution in [1.29, 1.82) is 0 Å². The molecule has 0 bridgehead atoms. The van der Waals surface area contributed by atoms with Gasteiger partial charge in [-0.1, -0.05) is 18.2 Å². The molecule has 1 aliphatic rings. The van der Waals surface area contributed by atoms with Crippen LogP contribution in [-0.2, 0) is 19.1 Å². The third kappa shape index (κ3) is 6.19. The zero-order valence-corrected chi connectivity index (χ0v) is 21.4. The first-order chi connectivity index (χ1) is 18.7. The van der Waals surface area contributed by atoms with Crippen LogP contribution in [0.15, 0.2) is 72.3 Å². The second-order valence-corrected chi connectivity index (χ2v) is 8.70. The van der Waals surface area contributed by atoms with Crippen LogP contribution in [0.4, 0.5) is 16.2 Å². The van der Waals surface area contributed by atoms with Crippen LogP contribution in [0.3, 0.4) is 0 Å². The number of nitrogens with zero attached hydrogens (tertiary/aromatic N) is 1. The molecule has 0 spiro atoms. The quantitative estimate of drug-likeness (QED) is 0.272. The molecule has 1 saturated heterocycles. The average Bonchev–Trinajstić information content (AvgIpc) is 2.92. The number of esters is 1. The van der Waals surface area contributed by atoms with Crippen LogP contribution in [0.2, 0.25) is 0 Å². The Morgan fingerprint density at radius 2 is 1.69 bits per heavy atom. The lowest BCUT2D eigenvalue weighted by Gasteiger charge is -2.26. The number of ether oxygens (including phenoxy) is 2. The van der Waals surface area contributed by atoms with E-state index >= 15 is 0 Å². The number of benzene rings is 3. The fourth-order valence-electron chi connectivity index (χ4n) is 3.78. The molecule has 0 aliphatic carbocycles. The maximum atomic E-state index is 13.1. The van der Waals surface area contributed by atoms with Crippen molar-refractivity contribution in [2.75, 3.05) is 23.9 Å². The van der Waals surface area contributed by atoms with Crippen LogP contribution in [0.5, 0.6) is 5.75 Å². The Bertz CT molecular complexity index is 1510. The van der Waals surface area contributed by atoms with Crippen molar-refractivity contribution in [3.8, 4) is 5.75 Å². The van der Waals surface area contributed by atoms with E-state index in [1.807, 2.05) is 26.0 Å². The molecule has 3 aromatic rings. The van der Waals surface area contributed by atoms with Crippen LogP contribution in [-0.4, -0.2) is 43.4 Å². The smallest absolute Gasteiger partial charge is 0.337 e. The molecule has 1 aliphatic heterocycles. The molecule has 10 nitrogen and oxygen atoms in total. The Kier molecular flexibility index (Phi) is 7.85. The largest absolute Gasteiger partial charge is 0.484 e. The number of hydrogen-bond donors (Lipinski definition) is 2. The van der Waals surface area contributed by atoms with Crippen molar-refractivity contribution in [3.63, 3.8) is 0 Å². The lowest BCUT2D eigenvalue weighted by Crippen LogP contribution is -2.54. The summed E-state index contributed by atoms with van der Waals surface area (Å²) in [7, 11) is 1.24. The van der Waals surface area contributed by atoms with Gasteiger partial charge >= 0.3 is 12.0 Å². The minimum absolute atomic E-state index is 0.162. The minimum atomic E-state index is -0.917. The first kappa shape index (κ1) is 26.8. The number of carbonyl (C=O) groups excluding carboxylic acids is 5. The lowest BCUT2D eigenvalue weighted by molar-refractivity contribution is -0.122. The van der Waals surface area contributed by atoms with Gasteiger partial charge in [-0.25, -0.2) is 14.5 Å². The number of urea groups is 1. The second-order valence-electron chi connectivity index (χ2n) is 8.70. The SMILES string of the molecule is COC(=O)c1ccc(N2C(=O)NC(=O)/C(=C/c3cccc(OCC(=O)Nc4ccc(C)c(C)c4)c3)C2=O)cc1. The predicted molar refractivity (Wildman–Crippen MR) is 143 cm³/mol. The van der Waals surface area contributed by atoms with Gasteiger partial charge in [0.25, 0.3) is 17.7 Å². The molecule has 5 amide bonds. The number of anilines is 2. The molecule has 0 radical (unpaired) electrons. The molecule has 0 unspecified atom stereocenters. The predicted octanol–water partition coefficient (Wildman–Crippen LogP) is 3.77. The maximum Gasteiger partial charge on any atom is 0.337 e. The van der Waals surface area contributed by atoms with Crippen LogP contribution < -0.4 is 20.3 Å².